The van der Waals surface area contributed by atoms with Crippen molar-refractivity contribution in [1.82, 2.24) is 10.2 Å². The van der Waals surface area contributed by atoms with E-state index in [1.54, 1.807) is 0 Å². The molecule has 120 valence electrons. The van der Waals surface area contributed by atoms with Crippen molar-refractivity contribution >= 4 is 17.7 Å². The zero-order valence-corrected chi connectivity index (χ0v) is 14.4. The molecule has 1 amide bonds. The van der Waals surface area contributed by atoms with Crippen LogP contribution in [-0.2, 0) is 4.79 Å². The molecule has 2 aliphatic carbocycles. The van der Waals surface area contributed by atoms with Gasteiger partial charge < -0.3 is 4.90 Å². The highest BCUT2D eigenvalue weighted by atomic mass is 32.2. The molecule has 4 heteroatoms. The molecule has 2 atom stereocenters. The first-order valence-corrected chi connectivity index (χ1v) is 10.0. The maximum Gasteiger partial charge on any atom is 0.244 e. The lowest BCUT2D eigenvalue weighted by molar-refractivity contribution is -0.135. The Morgan fingerprint density at radius 1 is 1.29 bits per heavy atom. The van der Waals surface area contributed by atoms with Gasteiger partial charge in [-0.1, -0.05) is 32.6 Å². The molecular formula is C17H30N2OS. The van der Waals surface area contributed by atoms with Gasteiger partial charge in [0.1, 0.15) is 0 Å². The molecule has 0 radical (unpaired) electrons. The molecule has 3 rings (SSSR count). The third kappa shape index (κ3) is 2.86. The molecule has 0 bridgehead atoms. The quantitative estimate of drug-likeness (QED) is 0.845. The van der Waals surface area contributed by atoms with Gasteiger partial charge >= 0.3 is 0 Å². The fourth-order valence-electron chi connectivity index (χ4n) is 4.59. The number of nitrogens with zero attached hydrogens (tertiary/aromatic N) is 1. The first kappa shape index (κ1) is 15.7. The van der Waals surface area contributed by atoms with Gasteiger partial charge in [-0.3, -0.25) is 10.1 Å². The minimum absolute atomic E-state index is 0.196. The zero-order valence-electron chi connectivity index (χ0n) is 13.6. The van der Waals surface area contributed by atoms with Crippen LogP contribution in [0.4, 0.5) is 0 Å². The van der Waals surface area contributed by atoms with E-state index in [2.05, 4.69) is 24.1 Å². The highest BCUT2D eigenvalue weighted by Crippen LogP contribution is 2.42. The van der Waals surface area contributed by atoms with Crippen LogP contribution < -0.4 is 5.32 Å². The van der Waals surface area contributed by atoms with Gasteiger partial charge in [-0.05, 0) is 44.3 Å². The molecule has 1 aliphatic heterocycles. The summed E-state index contributed by atoms with van der Waals surface area (Å²) >= 11 is 1.96. The predicted molar refractivity (Wildman–Crippen MR) is 89.4 cm³/mol. The van der Waals surface area contributed by atoms with E-state index in [4.69, 9.17) is 0 Å². The molecule has 2 unspecified atom stereocenters. The molecule has 3 nitrogen and oxygen atoms in total. The number of carbonyl (C=O) groups excluding carboxylic acids is 1. The number of rotatable bonds is 5. The van der Waals surface area contributed by atoms with Gasteiger partial charge in [0.05, 0.1) is 11.7 Å². The molecule has 0 aromatic carbocycles. The Hall–Kier alpha value is -0.220. The van der Waals surface area contributed by atoms with Crippen molar-refractivity contribution in [2.75, 3.05) is 11.5 Å². The van der Waals surface area contributed by atoms with Crippen LogP contribution in [-0.4, -0.2) is 40.1 Å². The topological polar surface area (TPSA) is 32.3 Å². The van der Waals surface area contributed by atoms with Crippen molar-refractivity contribution in [3.63, 3.8) is 0 Å². The summed E-state index contributed by atoms with van der Waals surface area (Å²) in [5.74, 6) is 3.31. The Kier molecular flexibility index (Phi) is 4.84. The van der Waals surface area contributed by atoms with Crippen LogP contribution in [0.15, 0.2) is 0 Å². The largest absolute Gasteiger partial charge is 0.322 e. The van der Waals surface area contributed by atoms with Crippen LogP contribution in [0, 0.1) is 5.92 Å². The number of amides is 1. The number of hydrogen-bond acceptors (Lipinski definition) is 3. The van der Waals surface area contributed by atoms with E-state index in [1.165, 1.54) is 38.5 Å². The van der Waals surface area contributed by atoms with Crippen LogP contribution in [0.1, 0.15) is 65.2 Å². The predicted octanol–water partition coefficient (Wildman–Crippen LogP) is 3.39. The lowest BCUT2D eigenvalue weighted by Crippen LogP contribution is -2.48. The van der Waals surface area contributed by atoms with Crippen LogP contribution in [0.3, 0.4) is 0 Å². The third-order valence-corrected chi connectivity index (χ3v) is 6.84. The summed E-state index contributed by atoms with van der Waals surface area (Å²) < 4.78 is 0. The molecule has 1 saturated heterocycles. The van der Waals surface area contributed by atoms with Gasteiger partial charge in [0, 0.05) is 11.8 Å². The molecule has 3 fully saturated rings. The number of carbonyl (C=O) groups is 1. The molecular weight excluding hydrogens is 280 g/mol. The molecule has 2 saturated carbocycles. The Labute approximate surface area is 133 Å². The fraction of sp³-hybridized carbons (Fsp3) is 0.941. The Morgan fingerprint density at radius 3 is 2.57 bits per heavy atom. The van der Waals surface area contributed by atoms with E-state index in [0.717, 1.165) is 24.3 Å². The SMILES string of the molecule is CCSCC(C)N1C(=O)C2(CCCC2)NC1C1CCCC1. The summed E-state index contributed by atoms with van der Waals surface area (Å²) in [6.45, 7) is 4.45. The van der Waals surface area contributed by atoms with Gasteiger partial charge in [0.25, 0.3) is 0 Å². The Balaban J connectivity index is 1.79. The second-order valence-electron chi connectivity index (χ2n) is 7.14. The monoisotopic (exact) mass is 310 g/mol. The number of hydrogen-bond donors (Lipinski definition) is 1. The van der Waals surface area contributed by atoms with E-state index in [-0.39, 0.29) is 5.54 Å². The highest BCUT2D eigenvalue weighted by Gasteiger charge is 2.55. The third-order valence-electron chi connectivity index (χ3n) is 5.71. The summed E-state index contributed by atoms with van der Waals surface area (Å²) in [4.78, 5) is 15.4. The first-order chi connectivity index (χ1) is 10.2. The van der Waals surface area contributed by atoms with Gasteiger partial charge in [-0.2, -0.15) is 11.8 Å². The zero-order chi connectivity index (χ0) is 14.9. The van der Waals surface area contributed by atoms with Crippen molar-refractivity contribution in [1.29, 1.82) is 0 Å². The van der Waals surface area contributed by atoms with Crippen molar-refractivity contribution in [3.05, 3.63) is 0 Å². The van der Waals surface area contributed by atoms with Crippen molar-refractivity contribution < 1.29 is 4.79 Å². The molecule has 0 aromatic heterocycles. The van der Waals surface area contributed by atoms with Crippen LogP contribution in [0.25, 0.3) is 0 Å². The second kappa shape index (κ2) is 6.49. The minimum atomic E-state index is -0.196. The van der Waals surface area contributed by atoms with Crippen molar-refractivity contribution in [2.24, 2.45) is 5.92 Å². The number of nitrogens with one attached hydrogen (secondary N) is 1. The number of thioether (sulfide) groups is 1. The average Bonchev–Trinajstić information content (AvgIpc) is 3.19. The van der Waals surface area contributed by atoms with Gasteiger partial charge in [0.2, 0.25) is 5.91 Å². The summed E-state index contributed by atoms with van der Waals surface area (Å²) in [5.41, 5.74) is -0.196. The standard InChI is InChI=1S/C17H30N2OS/c1-3-21-12-13(2)19-15(14-8-4-5-9-14)18-17(16(19)20)10-6-7-11-17/h13-15,18H,3-12H2,1-2H3. The summed E-state index contributed by atoms with van der Waals surface area (Å²) in [6.07, 6.45) is 10.1. The van der Waals surface area contributed by atoms with Crippen molar-refractivity contribution in [2.45, 2.75) is 83.0 Å². The summed E-state index contributed by atoms with van der Waals surface area (Å²) in [7, 11) is 0. The van der Waals surface area contributed by atoms with Gasteiger partial charge in [-0.15, -0.1) is 0 Å². The Morgan fingerprint density at radius 2 is 1.95 bits per heavy atom. The average molecular weight is 311 g/mol. The van der Waals surface area contributed by atoms with Crippen molar-refractivity contribution in [3.8, 4) is 0 Å². The lowest BCUT2D eigenvalue weighted by atomic mass is 9.97. The maximum atomic E-state index is 13.2. The normalized spacial score (nSPS) is 30.7. The summed E-state index contributed by atoms with van der Waals surface area (Å²) in [5, 5.41) is 3.83. The maximum absolute atomic E-state index is 13.2. The van der Waals surface area contributed by atoms with E-state index in [1.807, 2.05) is 11.8 Å². The molecule has 3 aliphatic rings. The molecule has 0 aromatic rings. The molecule has 1 heterocycles. The second-order valence-corrected chi connectivity index (χ2v) is 8.46. The van der Waals surface area contributed by atoms with E-state index < -0.39 is 0 Å². The van der Waals surface area contributed by atoms with Gasteiger partial charge in [0.15, 0.2) is 0 Å². The smallest absolute Gasteiger partial charge is 0.244 e. The Bertz CT molecular complexity index is 375. The minimum Gasteiger partial charge on any atom is -0.322 e. The first-order valence-electron chi connectivity index (χ1n) is 8.86. The van der Waals surface area contributed by atoms with E-state index in [0.29, 0.717) is 24.0 Å². The van der Waals surface area contributed by atoms with E-state index >= 15 is 0 Å². The van der Waals surface area contributed by atoms with Gasteiger partial charge in [-0.25, -0.2) is 0 Å². The van der Waals surface area contributed by atoms with Crippen LogP contribution in [0.5, 0.6) is 0 Å². The molecule has 1 N–H and O–H groups in total. The highest BCUT2D eigenvalue weighted by molar-refractivity contribution is 7.99. The summed E-state index contributed by atoms with van der Waals surface area (Å²) in [6, 6.07) is 0.362. The van der Waals surface area contributed by atoms with Crippen LogP contribution in [0.2, 0.25) is 0 Å². The van der Waals surface area contributed by atoms with E-state index in [9.17, 15) is 4.79 Å². The molecule has 1 spiro atoms. The lowest BCUT2D eigenvalue weighted by Gasteiger charge is -2.33. The molecule has 21 heavy (non-hydrogen) atoms. The van der Waals surface area contributed by atoms with Crippen LogP contribution >= 0.6 is 11.8 Å². The fourth-order valence-corrected chi connectivity index (χ4v) is 5.32.